The average Bonchev–Trinajstić information content (AvgIpc) is 2.88. The molecule has 4 aromatic rings. The van der Waals surface area contributed by atoms with Crippen molar-refractivity contribution in [3.05, 3.63) is 65.1 Å². The van der Waals surface area contributed by atoms with Gasteiger partial charge in [0.15, 0.2) is 0 Å². The predicted molar refractivity (Wildman–Crippen MR) is 94.1 cm³/mol. The Balaban J connectivity index is 2.12. The summed E-state index contributed by atoms with van der Waals surface area (Å²) in [5.41, 5.74) is 2.33. The van der Waals surface area contributed by atoms with Crippen LogP contribution < -0.4 is 0 Å². The third-order valence-corrected chi connectivity index (χ3v) is 5.78. The molecular weight excluding hydrogens is 344 g/mol. The van der Waals surface area contributed by atoms with E-state index in [9.17, 15) is 5.11 Å². The van der Waals surface area contributed by atoms with Crippen molar-refractivity contribution < 1.29 is 5.11 Å². The van der Waals surface area contributed by atoms with Gasteiger partial charge < -0.3 is 5.11 Å². The molecule has 0 atom stereocenters. The van der Waals surface area contributed by atoms with Gasteiger partial charge in [-0.05, 0) is 51.3 Å². The van der Waals surface area contributed by atoms with Gasteiger partial charge in [0.05, 0.1) is 0 Å². The molecule has 0 spiro atoms. The van der Waals surface area contributed by atoms with Crippen molar-refractivity contribution in [3.8, 4) is 16.9 Å². The molecule has 0 amide bonds. The lowest BCUT2D eigenvalue weighted by Crippen LogP contribution is -1.79. The van der Waals surface area contributed by atoms with Gasteiger partial charge in [0.25, 0.3) is 0 Å². The van der Waals surface area contributed by atoms with E-state index in [-0.39, 0.29) is 0 Å². The molecule has 1 N–H and O–H groups in total. The number of thiophene rings is 1. The highest BCUT2D eigenvalue weighted by atomic mass is 79.9. The van der Waals surface area contributed by atoms with E-state index in [1.807, 2.05) is 12.1 Å². The van der Waals surface area contributed by atoms with Crippen LogP contribution in [0.4, 0.5) is 0 Å². The Hall–Kier alpha value is -1.84. The van der Waals surface area contributed by atoms with E-state index in [4.69, 9.17) is 0 Å². The minimum absolute atomic E-state index is 0.295. The molecule has 0 aliphatic carbocycles. The van der Waals surface area contributed by atoms with Crippen LogP contribution in [0.15, 0.2) is 65.1 Å². The molecule has 0 unspecified atom stereocenters. The van der Waals surface area contributed by atoms with Gasteiger partial charge in [-0.25, -0.2) is 0 Å². The molecule has 0 aliphatic heterocycles. The Kier molecular flexibility index (Phi) is 2.98. The Morgan fingerprint density at radius 2 is 1.62 bits per heavy atom. The molecule has 1 nitrogen and oxygen atoms in total. The van der Waals surface area contributed by atoms with Crippen molar-refractivity contribution in [2.24, 2.45) is 0 Å². The molecular formula is C18H11BrOS. The van der Waals surface area contributed by atoms with E-state index >= 15 is 0 Å². The Morgan fingerprint density at radius 1 is 0.857 bits per heavy atom. The van der Waals surface area contributed by atoms with Gasteiger partial charge >= 0.3 is 0 Å². The van der Waals surface area contributed by atoms with Crippen LogP contribution in [0.5, 0.6) is 5.75 Å². The first-order valence-corrected chi connectivity index (χ1v) is 8.24. The van der Waals surface area contributed by atoms with Gasteiger partial charge in [0.1, 0.15) is 5.75 Å². The van der Waals surface area contributed by atoms with E-state index in [0.29, 0.717) is 5.75 Å². The zero-order valence-electron chi connectivity index (χ0n) is 11.0. The normalized spacial score (nSPS) is 11.3. The second-order valence-electron chi connectivity index (χ2n) is 4.94. The topological polar surface area (TPSA) is 20.2 Å². The summed E-state index contributed by atoms with van der Waals surface area (Å²) in [6.07, 6.45) is 0. The summed E-state index contributed by atoms with van der Waals surface area (Å²) in [7, 11) is 0. The lowest BCUT2D eigenvalue weighted by Gasteiger charge is -2.05. The summed E-state index contributed by atoms with van der Waals surface area (Å²) in [5, 5.41) is 12.0. The summed E-state index contributed by atoms with van der Waals surface area (Å²) in [5.74, 6) is 0.295. The third-order valence-electron chi connectivity index (χ3n) is 3.65. The molecule has 0 saturated heterocycles. The first kappa shape index (κ1) is 12.9. The summed E-state index contributed by atoms with van der Waals surface area (Å²) in [6, 6.07) is 20.1. The van der Waals surface area contributed by atoms with Gasteiger partial charge in [-0.1, -0.05) is 36.4 Å². The number of phenols is 1. The summed E-state index contributed by atoms with van der Waals surface area (Å²) >= 11 is 5.45. The SMILES string of the molecule is Oc1ccc(-c2cccc3sc4c(Br)cccc4c23)cc1. The van der Waals surface area contributed by atoms with Gasteiger partial charge in [-0.15, -0.1) is 11.3 Å². The minimum atomic E-state index is 0.295. The number of benzene rings is 3. The predicted octanol–water partition coefficient (Wildman–Crippen LogP) is 6.19. The van der Waals surface area contributed by atoms with Crippen LogP contribution >= 0.6 is 27.3 Å². The number of hydrogen-bond donors (Lipinski definition) is 1. The first-order chi connectivity index (χ1) is 10.2. The maximum atomic E-state index is 9.48. The molecule has 3 aromatic carbocycles. The van der Waals surface area contributed by atoms with Crippen molar-refractivity contribution in [3.63, 3.8) is 0 Å². The average molecular weight is 355 g/mol. The lowest BCUT2D eigenvalue weighted by molar-refractivity contribution is 0.475. The quantitative estimate of drug-likeness (QED) is 0.432. The van der Waals surface area contributed by atoms with Crippen LogP contribution in [0.3, 0.4) is 0 Å². The molecule has 3 heteroatoms. The molecule has 102 valence electrons. The molecule has 0 saturated carbocycles. The fourth-order valence-corrected chi connectivity index (χ4v) is 4.44. The number of hydrogen-bond acceptors (Lipinski definition) is 2. The van der Waals surface area contributed by atoms with E-state index < -0.39 is 0 Å². The molecule has 0 bridgehead atoms. The zero-order chi connectivity index (χ0) is 14.4. The molecule has 21 heavy (non-hydrogen) atoms. The Bertz CT molecular complexity index is 954. The van der Waals surface area contributed by atoms with E-state index in [0.717, 1.165) is 10.0 Å². The van der Waals surface area contributed by atoms with Crippen LogP contribution in [0.1, 0.15) is 0 Å². The zero-order valence-corrected chi connectivity index (χ0v) is 13.4. The van der Waals surface area contributed by atoms with Crippen molar-refractivity contribution in [1.82, 2.24) is 0 Å². The second-order valence-corrected chi connectivity index (χ2v) is 6.85. The van der Waals surface area contributed by atoms with Crippen molar-refractivity contribution in [2.75, 3.05) is 0 Å². The third kappa shape index (κ3) is 2.04. The van der Waals surface area contributed by atoms with Crippen LogP contribution in [0, 0.1) is 0 Å². The molecule has 4 rings (SSSR count). The van der Waals surface area contributed by atoms with Gasteiger partial charge in [0.2, 0.25) is 0 Å². The maximum Gasteiger partial charge on any atom is 0.115 e. The standard InChI is InChI=1S/C18H11BrOS/c19-15-5-1-4-14-17-13(11-7-9-12(20)10-8-11)3-2-6-16(17)21-18(14)15/h1-10,20H. The second kappa shape index (κ2) is 4.86. The van der Waals surface area contributed by atoms with E-state index in [1.54, 1.807) is 23.5 Å². The van der Waals surface area contributed by atoms with Crippen LogP contribution in [0.2, 0.25) is 0 Å². The number of halogens is 1. The van der Waals surface area contributed by atoms with Gasteiger partial charge in [-0.2, -0.15) is 0 Å². The van der Waals surface area contributed by atoms with Crippen LogP contribution in [0.25, 0.3) is 31.3 Å². The monoisotopic (exact) mass is 354 g/mol. The fourth-order valence-electron chi connectivity index (χ4n) is 2.69. The van der Waals surface area contributed by atoms with Gasteiger partial charge in [-0.3, -0.25) is 0 Å². The summed E-state index contributed by atoms with van der Waals surface area (Å²) in [4.78, 5) is 0. The van der Waals surface area contributed by atoms with E-state index in [2.05, 4.69) is 52.3 Å². The maximum absolute atomic E-state index is 9.48. The number of phenolic OH excluding ortho intramolecular Hbond substituents is 1. The molecule has 0 aliphatic rings. The van der Waals surface area contributed by atoms with E-state index in [1.165, 1.54) is 25.7 Å². The van der Waals surface area contributed by atoms with Crippen LogP contribution in [-0.2, 0) is 0 Å². The highest BCUT2D eigenvalue weighted by Crippen LogP contribution is 2.42. The lowest BCUT2D eigenvalue weighted by atomic mass is 9.99. The summed E-state index contributed by atoms with van der Waals surface area (Å²) < 4.78 is 3.69. The van der Waals surface area contributed by atoms with Crippen LogP contribution in [-0.4, -0.2) is 5.11 Å². The molecule has 0 radical (unpaired) electrons. The Morgan fingerprint density at radius 3 is 2.43 bits per heavy atom. The fraction of sp³-hybridized carbons (Fsp3) is 0. The smallest absolute Gasteiger partial charge is 0.115 e. The number of rotatable bonds is 1. The highest BCUT2D eigenvalue weighted by molar-refractivity contribution is 9.10. The molecule has 1 aromatic heterocycles. The molecule has 0 fully saturated rings. The van der Waals surface area contributed by atoms with Crippen molar-refractivity contribution in [1.29, 1.82) is 0 Å². The highest BCUT2D eigenvalue weighted by Gasteiger charge is 2.12. The largest absolute Gasteiger partial charge is 0.508 e. The summed E-state index contributed by atoms with van der Waals surface area (Å²) in [6.45, 7) is 0. The molecule has 1 heterocycles. The Labute approximate surface area is 134 Å². The van der Waals surface area contributed by atoms with Crippen molar-refractivity contribution >= 4 is 47.4 Å². The van der Waals surface area contributed by atoms with Gasteiger partial charge in [0, 0.05) is 24.6 Å². The minimum Gasteiger partial charge on any atom is -0.508 e. The number of fused-ring (bicyclic) bond motifs is 3. The first-order valence-electron chi connectivity index (χ1n) is 6.63. The number of aromatic hydroxyl groups is 1. The van der Waals surface area contributed by atoms with Crippen molar-refractivity contribution in [2.45, 2.75) is 0 Å².